The highest BCUT2D eigenvalue weighted by molar-refractivity contribution is 5.92. The Bertz CT molecular complexity index is 273. The second-order valence-electron chi connectivity index (χ2n) is 2.00. The monoisotopic (exact) mass is 170 g/mol. The standard InChI is InChI=1S/C7H7FN2O2/c1-12-10-7(11)5-2-3-6(8)9-4-5/h2-4H,1H3,(H,10,11). The number of nitrogens with zero attached hydrogens (tertiary/aromatic N) is 1. The Morgan fingerprint density at radius 2 is 2.42 bits per heavy atom. The number of aromatic nitrogens is 1. The van der Waals surface area contributed by atoms with Crippen LogP contribution in [0.25, 0.3) is 0 Å². The number of hydroxylamine groups is 1. The molecule has 0 bridgehead atoms. The molecule has 1 amide bonds. The minimum Gasteiger partial charge on any atom is -0.277 e. The van der Waals surface area contributed by atoms with E-state index in [2.05, 4.69) is 15.3 Å². The summed E-state index contributed by atoms with van der Waals surface area (Å²) in [4.78, 5) is 18.6. The normalized spacial score (nSPS) is 9.50. The molecule has 1 aromatic rings. The fraction of sp³-hybridized carbons (Fsp3) is 0.143. The van der Waals surface area contributed by atoms with Crippen LogP contribution in [0, 0.1) is 5.95 Å². The van der Waals surface area contributed by atoms with Gasteiger partial charge >= 0.3 is 0 Å². The number of carbonyl (C=O) groups excluding carboxylic acids is 1. The summed E-state index contributed by atoms with van der Waals surface area (Å²) in [6.45, 7) is 0. The molecule has 0 aromatic carbocycles. The van der Waals surface area contributed by atoms with Gasteiger partial charge in [0.25, 0.3) is 5.91 Å². The van der Waals surface area contributed by atoms with Crippen molar-refractivity contribution >= 4 is 5.91 Å². The lowest BCUT2D eigenvalue weighted by Crippen LogP contribution is -2.21. The van der Waals surface area contributed by atoms with Crippen molar-refractivity contribution in [3.8, 4) is 0 Å². The number of pyridine rings is 1. The number of hydrogen-bond donors (Lipinski definition) is 1. The molecule has 1 aromatic heterocycles. The van der Waals surface area contributed by atoms with E-state index in [9.17, 15) is 9.18 Å². The summed E-state index contributed by atoms with van der Waals surface area (Å²) in [5.74, 6) is -1.08. The van der Waals surface area contributed by atoms with Gasteiger partial charge in [-0.25, -0.2) is 10.5 Å². The molecule has 0 unspecified atom stereocenters. The molecule has 0 aliphatic carbocycles. The summed E-state index contributed by atoms with van der Waals surface area (Å²) < 4.78 is 12.3. The third kappa shape index (κ3) is 2.00. The van der Waals surface area contributed by atoms with Gasteiger partial charge in [0.1, 0.15) is 0 Å². The lowest BCUT2D eigenvalue weighted by Gasteiger charge is -1.99. The molecule has 4 nitrogen and oxygen atoms in total. The van der Waals surface area contributed by atoms with Crippen molar-refractivity contribution in [2.45, 2.75) is 0 Å². The van der Waals surface area contributed by atoms with E-state index in [1.165, 1.54) is 13.2 Å². The molecule has 0 aliphatic heterocycles. The van der Waals surface area contributed by atoms with Crippen LogP contribution < -0.4 is 5.48 Å². The summed E-state index contributed by atoms with van der Waals surface area (Å²) in [5, 5.41) is 0. The van der Waals surface area contributed by atoms with Crippen molar-refractivity contribution in [1.29, 1.82) is 0 Å². The first-order chi connectivity index (χ1) is 5.74. The second-order valence-corrected chi connectivity index (χ2v) is 2.00. The van der Waals surface area contributed by atoms with Gasteiger partial charge in [-0.3, -0.25) is 9.63 Å². The van der Waals surface area contributed by atoms with E-state index in [0.717, 1.165) is 12.3 Å². The first kappa shape index (κ1) is 8.61. The van der Waals surface area contributed by atoms with Gasteiger partial charge in [0.2, 0.25) is 5.95 Å². The van der Waals surface area contributed by atoms with Gasteiger partial charge in [-0.15, -0.1) is 0 Å². The molecule has 0 fully saturated rings. The zero-order valence-electron chi connectivity index (χ0n) is 6.37. The van der Waals surface area contributed by atoms with Crippen LogP contribution in [0.2, 0.25) is 0 Å². The molecule has 12 heavy (non-hydrogen) atoms. The van der Waals surface area contributed by atoms with E-state index in [1.54, 1.807) is 0 Å². The predicted molar refractivity (Wildman–Crippen MR) is 38.7 cm³/mol. The molecule has 1 rings (SSSR count). The largest absolute Gasteiger partial charge is 0.277 e. The summed E-state index contributed by atoms with van der Waals surface area (Å²) in [6.07, 6.45) is 1.13. The third-order valence-electron chi connectivity index (χ3n) is 1.18. The van der Waals surface area contributed by atoms with Gasteiger partial charge in [0, 0.05) is 6.20 Å². The van der Waals surface area contributed by atoms with Gasteiger partial charge in [-0.05, 0) is 12.1 Å². The fourth-order valence-corrected chi connectivity index (χ4v) is 0.662. The third-order valence-corrected chi connectivity index (χ3v) is 1.18. The van der Waals surface area contributed by atoms with Gasteiger partial charge < -0.3 is 0 Å². The Hall–Kier alpha value is -1.49. The van der Waals surface area contributed by atoms with Crippen molar-refractivity contribution in [3.63, 3.8) is 0 Å². The summed E-state index contributed by atoms with van der Waals surface area (Å²) in [5.41, 5.74) is 2.33. The first-order valence-electron chi connectivity index (χ1n) is 3.19. The van der Waals surface area contributed by atoms with E-state index in [4.69, 9.17) is 0 Å². The zero-order chi connectivity index (χ0) is 8.97. The molecule has 1 heterocycles. The molecule has 0 spiro atoms. The average molecular weight is 170 g/mol. The maximum atomic E-state index is 12.3. The highest BCUT2D eigenvalue weighted by Gasteiger charge is 2.04. The van der Waals surface area contributed by atoms with Crippen molar-refractivity contribution in [2.24, 2.45) is 0 Å². The Morgan fingerprint density at radius 1 is 1.67 bits per heavy atom. The smallest absolute Gasteiger partial charge is 0.276 e. The van der Waals surface area contributed by atoms with Gasteiger partial charge in [-0.1, -0.05) is 0 Å². The van der Waals surface area contributed by atoms with Crippen LogP contribution in [-0.2, 0) is 4.84 Å². The molecule has 0 atom stereocenters. The number of amides is 1. The van der Waals surface area contributed by atoms with Crippen LogP contribution >= 0.6 is 0 Å². The van der Waals surface area contributed by atoms with Gasteiger partial charge in [-0.2, -0.15) is 4.39 Å². The van der Waals surface area contributed by atoms with Crippen molar-refractivity contribution in [1.82, 2.24) is 10.5 Å². The fourth-order valence-electron chi connectivity index (χ4n) is 0.662. The lowest BCUT2D eigenvalue weighted by atomic mass is 10.3. The minimum absolute atomic E-state index is 0.248. The molecular weight excluding hydrogens is 163 g/mol. The Morgan fingerprint density at radius 3 is 2.92 bits per heavy atom. The maximum absolute atomic E-state index is 12.3. The zero-order valence-corrected chi connectivity index (χ0v) is 6.37. The number of rotatable bonds is 2. The molecule has 1 N–H and O–H groups in total. The highest BCUT2D eigenvalue weighted by Crippen LogP contribution is 1.97. The molecule has 5 heteroatoms. The van der Waals surface area contributed by atoms with E-state index >= 15 is 0 Å². The number of halogens is 1. The lowest BCUT2D eigenvalue weighted by molar-refractivity contribution is 0.0537. The molecule has 0 radical (unpaired) electrons. The second kappa shape index (κ2) is 3.77. The van der Waals surface area contributed by atoms with Crippen molar-refractivity contribution in [2.75, 3.05) is 7.11 Å². The van der Waals surface area contributed by atoms with E-state index in [-0.39, 0.29) is 5.56 Å². The molecular formula is C7H7FN2O2. The summed E-state index contributed by atoms with van der Waals surface area (Å²) in [6, 6.07) is 2.42. The Kier molecular flexibility index (Phi) is 2.71. The molecule has 0 saturated heterocycles. The van der Waals surface area contributed by atoms with Crippen LogP contribution in [0.5, 0.6) is 0 Å². The van der Waals surface area contributed by atoms with Gasteiger partial charge in [0.05, 0.1) is 12.7 Å². The highest BCUT2D eigenvalue weighted by atomic mass is 19.1. The van der Waals surface area contributed by atoms with Gasteiger partial charge in [0.15, 0.2) is 0 Å². The Labute approximate surface area is 68.3 Å². The minimum atomic E-state index is -0.621. The van der Waals surface area contributed by atoms with Crippen LogP contribution in [-0.4, -0.2) is 18.0 Å². The number of carbonyl (C=O) groups is 1. The van der Waals surface area contributed by atoms with Crippen LogP contribution in [0.15, 0.2) is 18.3 Å². The molecule has 64 valence electrons. The topological polar surface area (TPSA) is 51.2 Å². The van der Waals surface area contributed by atoms with E-state index in [1.807, 2.05) is 0 Å². The quantitative estimate of drug-likeness (QED) is 0.519. The van der Waals surface area contributed by atoms with Crippen LogP contribution in [0.1, 0.15) is 10.4 Å². The average Bonchev–Trinajstić information content (AvgIpc) is 2.06. The van der Waals surface area contributed by atoms with E-state index < -0.39 is 11.9 Å². The number of hydrogen-bond acceptors (Lipinski definition) is 3. The van der Waals surface area contributed by atoms with Crippen molar-refractivity contribution < 1.29 is 14.0 Å². The summed E-state index contributed by atoms with van der Waals surface area (Å²) >= 11 is 0. The number of nitrogens with one attached hydrogen (secondary N) is 1. The van der Waals surface area contributed by atoms with Crippen molar-refractivity contribution in [3.05, 3.63) is 29.8 Å². The maximum Gasteiger partial charge on any atom is 0.276 e. The molecule has 0 aliphatic rings. The SMILES string of the molecule is CONC(=O)c1ccc(F)nc1. The predicted octanol–water partition coefficient (Wildman–Crippen LogP) is 0.512. The summed E-state index contributed by atoms with van der Waals surface area (Å²) in [7, 11) is 1.31. The van der Waals surface area contributed by atoms with Crippen LogP contribution in [0.4, 0.5) is 4.39 Å². The van der Waals surface area contributed by atoms with Crippen LogP contribution in [0.3, 0.4) is 0 Å². The Balaban J connectivity index is 2.75. The molecule has 0 saturated carbocycles. The van der Waals surface area contributed by atoms with E-state index in [0.29, 0.717) is 0 Å². The first-order valence-corrected chi connectivity index (χ1v) is 3.19.